The van der Waals surface area contributed by atoms with E-state index in [0.717, 1.165) is 19.6 Å². The lowest BCUT2D eigenvalue weighted by Gasteiger charge is -2.09. The Morgan fingerprint density at radius 2 is 1.73 bits per heavy atom. The number of fused-ring (bicyclic) bond motifs is 1. The summed E-state index contributed by atoms with van der Waals surface area (Å²) in [5.74, 6) is 0. The largest absolute Gasteiger partial charge is 0.295 e. The third-order valence-corrected chi connectivity index (χ3v) is 2.22. The maximum absolute atomic E-state index is 3.88. The molecule has 0 amide bonds. The van der Waals surface area contributed by atoms with Crippen LogP contribution in [0.5, 0.6) is 0 Å². The van der Waals surface area contributed by atoms with Gasteiger partial charge in [-0.05, 0) is 24.6 Å². The minimum Gasteiger partial charge on any atom is -0.295 e. The van der Waals surface area contributed by atoms with Crippen LogP contribution in [0.25, 0.3) is 0 Å². The molecule has 1 nitrogen and oxygen atoms in total. The van der Waals surface area contributed by atoms with Crippen molar-refractivity contribution < 1.29 is 0 Å². The summed E-state index contributed by atoms with van der Waals surface area (Å²) in [4.78, 5) is 2.34. The summed E-state index contributed by atoms with van der Waals surface area (Å²) in [5.41, 5.74) is 2.94. The second-order valence-corrected chi connectivity index (χ2v) is 2.98. The predicted molar refractivity (Wildman–Crippen MR) is 45.9 cm³/mol. The first-order chi connectivity index (χ1) is 5.40. The number of benzene rings is 1. The summed E-state index contributed by atoms with van der Waals surface area (Å²) in [7, 11) is 0. The Balaban J connectivity index is 2.27. The lowest BCUT2D eigenvalue weighted by molar-refractivity contribution is 0.315. The van der Waals surface area contributed by atoms with Gasteiger partial charge in [-0.3, -0.25) is 4.90 Å². The molecule has 2 rings (SSSR count). The Labute approximate surface area is 67.6 Å². The van der Waals surface area contributed by atoms with Gasteiger partial charge in [0.15, 0.2) is 0 Å². The zero-order valence-electron chi connectivity index (χ0n) is 6.59. The molecule has 0 saturated carbocycles. The van der Waals surface area contributed by atoms with Crippen LogP contribution in [0.1, 0.15) is 11.1 Å². The lowest BCUT2D eigenvalue weighted by atomic mass is 10.1. The van der Waals surface area contributed by atoms with Crippen LogP contribution < -0.4 is 0 Å². The number of hydrogen-bond donors (Lipinski definition) is 0. The second-order valence-electron chi connectivity index (χ2n) is 2.98. The van der Waals surface area contributed by atoms with Gasteiger partial charge >= 0.3 is 0 Å². The van der Waals surface area contributed by atoms with Gasteiger partial charge in [0.1, 0.15) is 0 Å². The van der Waals surface area contributed by atoms with E-state index in [9.17, 15) is 0 Å². The average Bonchev–Trinajstić information content (AvgIpc) is 2.46. The quantitative estimate of drug-likeness (QED) is 0.584. The second kappa shape index (κ2) is 2.67. The summed E-state index contributed by atoms with van der Waals surface area (Å²) >= 11 is 0. The third kappa shape index (κ3) is 1.16. The van der Waals surface area contributed by atoms with E-state index in [2.05, 4.69) is 36.1 Å². The van der Waals surface area contributed by atoms with Crippen LogP contribution in [-0.4, -0.2) is 11.4 Å². The van der Waals surface area contributed by atoms with Crippen LogP contribution in [0.15, 0.2) is 24.3 Å². The van der Waals surface area contributed by atoms with Gasteiger partial charge in [0.25, 0.3) is 0 Å². The first-order valence-electron chi connectivity index (χ1n) is 3.98. The van der Waals surface area contributed by atoms with Crippen molar-refractivity contribution in [2.75, 3.05) is 6.54 Å². The Morgan fingerprint density at radius 1 is 1.18 bits per heavy atom. The van der Waals surface area contributed by atoms with Crippen LogP contribution in [0.4, 0.5) is 0 Å². The fourth-order valence-corrected chi connectivity index (χ4v) is 1.56. The van der Waals surface area contributed by atoms with Crippen molar-refractivity contribution in [3.63, 3.8) is 0 Å². The van der Waals surface area contributed by atoms with E-state index >= 15 is 0 Å². The van der Waals surface area contributed by atoms with Gasteiger partial charge in [-0.1, -0.05) is 24.3 Å². The molecule has 1 heteroatoms. The molecule has 0 N–H and O–H groups in total. The fraction of sp³-hybridized carbons (Fsp3) is 0.300. The molecular weight excluding hydrogens is 134 g/mol. The highest BCUT2D eigenvalue weighted by Crippen LogP contribution is 2.20. The zero-order valence-corrected chi connectivity index (χ0v) is 6.59. The minimum absolute atomic E-state index is 0.911. The summed E-state index contributed by atoms with van der Waals surface area (Å²) in [6.07, 6.45) is 0. The van der Waals surface area contributed by atoms with E-state index in [1.165, 1.54) is 11.1 Å². The van der Waals surface area contributed by atoms with Crippen molar-refractivity contribution in [2.24, 2.45) is 0 Å². The van der Waals surface area contributed by atoms with Gasteiger partial charge in [-0.25, -0.2) is 0 Å². The van der Waals surface area contributed by atoms with E-state index in [-0.39, 0.29) is 0 Å². The molecule has 0 aliphatic carbocycles. The first-order valence-corrected chi connectivity index (χ1v) is 3.98. The molecule has 57 valence electrons. The van der Waals surface area contributed by atoms with E-state index < -0.39 is 0 Å². The molecule has 1 aromatic rings. The van der Waals surface area contributed by atoms with Gasteiger partial charge in [-0.15, -0.1) is 0 Å². The topological polar surface area (TPSA) is 3.24 Å². The van der Waals surface area contributed by atoms with Crippen LogP contribution in [0.2, 0.25) is 0 Å². The van der Waals surface area contributed by atoms with Gasteiger partial charge in [0.05, 0.1) is 0 Å². The molecule has 1 heterocycles. The molecule has 1 aliphatic rings. The Hall–Kier alpha value is -0.820. The monoisotopic (exact) mass is 146 g/mol. The molecule has 0 bridgehead atoms. The molecule has 0 aromatic heterocycles. The fourth-order valence-electron chi connectivity index (χ4n) is 1.56. The van der Waals surface area contributed by atoms with Crippen molar-refractivity contribution in [2.45, 2.75) is 13.1 Å². The van der Waals surface area contributed by atoms with Gasteiger partial charge < -0.3 is 0 Å². The first kappa shape index (κ1) is 6.86. The molecule has 0 fully saturated rings. The summed E-state index contributed by atoms with van der Waals surface area (Å²) in [6, 6.07) is 8.60. The lowest BCUT2D eigenvalue weighted by Crippen LogP contribution is -2.14. The van der Waals surface area contributed by atoms with Crippen LogP contribution in [0, 0.1) is 6.92 Å². The Bertz CT molecular complexity index is 230. The highest BCUT2D eigenvalue weighted by Gasteiger charge is 2.15. The molecule has 0 unspecified atom stereocenters. The molecule has 11 heavy (non-hydrogen) atoms. The number of rotatable bonds is 1. The van der Waals surface area contributed by atoms with Gasteiger partial charge in [-0.2, -0.15) is 0 Å². The van der Waals surface area contributed by atoms with Crippen LogP contribution in [-0.2, 0) is 13.1 Å². The molecule has 0 saturated heterocycles. The van der Waals surface area contributed by atoms with Crippen molar-refractivity contribution >= 4 is 0 Å². The number of hydrogen-bond acceptors (Lipinski definition) is 1. The van der Waals surface area contributed by atoms with Crippen molar-refractivity contribution in [1.29, 1.82) is 0 Å². The molecule has 0 spiro atoms. The van der Waals surface area contributed by atoms with E-state index in [1.54, 1.807) is 0 Å². The van der Waals surface area contributed by atoms with Gasteiger partial charge in [0, 0.05) is 13.1 Å². The normalized spacial score (nSPS) is 16.8. The highest BCUT2D eigenvalue weighted by atomic mass is 15.1. The van der Waals surface area contributed by atoms with E-state index in [4.69, 9.17) is 0 Å². The highest BCUT2D eigenvalue weighted by molar-refractivity contribution is 5.30. The maximum atomic E-state index is 3.88. The Morgan fingerprint density at radius 3 is 2.18 bits per heavy atom. The SMILES string of the molecule is [CH2]CN1Cc2ccccc2C1. The molecule has 1 aliphatic heterocycles. The van der Waals surface area contributed by atoms with Crippen LogP contribution in [0.3, 0.4) is 0 Å². The molecular formula is C10H12N. The molecule has 1 radical (unpaired) electrons. The van der Waals surface area contributed by atoms with E-state index in [1.807, 2.05) is 0 Å². The summed E-state index contributed by atoms with van der Waals surface area (Å²) < 4.78 is 0. The van der Waals surface area contributed by atoms with Crippen molar-refractivity contribution in [1.82, 2.24) is 4.90 Å². The van der Waals surface area contributed by atoms with Crippen LogP contribution >= 0.6 is 0 Å². The predicted octanol–water partition coefficient (Wildman–Crippen LogP) is 1.84. The smallest absolute Gasteiger partial charge is 0.0240 e. The summed E-state index contributed by atoms with van der Waals surface area (Å²) in [5, 5.41) is 0. The molecule has 0 atom stereocenters. The van der Waals surface area contributed by atoms with Crippen molar-refractivity contribution in [3.05, 3.63) is 42.3 Å². The van der Waals surface area contributed by atoms with Crippen molar-refractivity contribution in [3.8, 4) is 0 Å². The standard InChI is InChI=1S/C10H12N/c1-2-11-7-9-5-3-4-6-10(9)8-11/h3-6H,1-2,7-8H2. The minimum atomic E-state index is 0.911. The summed E-state index contributed by atoms with van der Waals surface area (Å²) in [6.45, 7) is 6.95. The Kier molecular flexibility index (Phi) is 1.66. The maximum Gasteiger partial charge on any atom is 0.0240 e. The van der Waals surface area contributed by atoms with Gasteiger partial charge in [0.2, 0.25) is 0 Å². The third-order valence-electron chi connectivity index (χ3n) is 2.22. The zero-order chi connectivity index (χ0) is 7.68. The molecule has 1 aromatic carbocycles. The number of nitrogens with zero attached hydrogens (tertiary/aromatic N) is 1. The average molecular weight is 146 g/mol. The van der Waals surface area contributed by atoms with E-state index in [0.29, 0.717) is 0 Å².